The van der Waals surface area contributed by atoms with E-state index in [-0.39, 0.29) is 6.04 Å². The van der Waals surface area contributed by atoms with Crippen LogP contribution >= 0.6 is 11.6 Å². The Morgan fingerprint density at radius 2 is 2.16 bits per heavy atom. The van der Waals surface area contributed by atoms with Gasteiger partial charge in [-0.1, -0.05) is 42.6 Å². The molecule has 1 saturated carbocycles. The van der Waals surface area contributed by atoms with Crippen LogP contribution in [-0.4, -0.2) is 19.9 Å². The van der Waals surface area contributed by atoms with Gasteiger partial charge in [-0.3, -0.25) is 0 Å². The molecule has 1 heterocycles. The van der Waals surface area contributed by atoms with Gasteiger partial charge in [0.15, 0.2) is 0 Å². The topological polar surface area (TPSA) is 50.9 Å². The Morgan fingerprint density at radius 1 is 1.32 bits per heavy atom. The number of halogens is 1. The first-order valence-electron chi connectivity index (χ1n) is 6.53. The summed E-state index contributed by atoms with van der Waals surface area (Å²) < 4.78 is 1.75. The van der Waals surface area contributed by atoms with Gasteiger partial charge >= 0.3 is 0 Å². The first-order chi connectivity index (χ1) is 9.22. The van der Waals surface area contributed by atoms with Crippen LogP contribution in [0.4, 0.5) is 0 Å². The van der Waals surface area contributed by atoms with Gasteiger partial charge in [-0.25, -0.2) is 9.67 Å². The standard InChI is InChI=1S/C14H16ClN3O/c15-12-6-2-1-5-11(12)14(19)8-4-3-7-13(14)18-10-16-9-17-18/h1-2,5-6,9-10,13,19H,3-4,7-8H2/t13-,14-/m0/s1. The molecule has 0 aliphatic heterocycles. The van der Waals surface area contributed by atoms with Crippen molar-refractivity contribution in [1.29, 1.82) is 0 Å². The highest BCUT2D eigenvalue weighted by molar-refractivity contribution is 6.31. The van der Waals surface area contributed by atoms with Crippen molar-refractivity contribution in [3.05, 3.63) is 47.5 Å². The van der Waals surface area contributed by atoms with E-state index in [1.54, 1.807) is 11.0 Å². The molecule has 0 amide bonds. The van der Waals surface area contributed by atoms with E-state index in [1.165, 1.54) is 6.33 Å². The van der Waals surface area contributed by atoms with E-state index in [9.17, 15) is 5.11 Å². The smallest absolute Gasteiger partial charge is 0.137 e. The Balaban J connectivity index is 2.06. The lowest BCUT2D eigenvalue weighted by molar-refractivity contribution is -0.0515. The summed E-state index contributed by atoms with van der Waals surface area (Å²) in [5.74, 6) is 0. The summed E-state index contributed by atoms with van der Waals surface area (Å²) in [6.07, 6.45) is 6.82. The lowest BCUT2D eigenvalue weighted by Gasteiger charge is -2.40. The third kappa shape index (κ3) is 2.15. The molecule has 0 saturated heterocycles. The summed E-state index contributed by atoms with van der Waals surface area (Å²) in [4.78, 5) is 3.99. The zero-order valence-electron chi connectivity index (χ0n) is 10.5. The van der Waals surface area contributed by atoms with Gasteiger partial charge < -0.3 is 5.11 Å². The quantitative estimate of drug-likeness (QED) is 0.918. The Kier molecular flexibility index (Phi) is 3.29. The van der Waals surface area contributed by atoms with Crippen LogP contribution in [0.15, 0.2) is 36.9 Å². The average Bonchev–Trinajstić information content (AvgIpc) is 2.93. The number of hydrogen-bond donors (Lipinski definition) is 1. The third-order valence-corrected chi connectivity index (χ3v) is 4.26. The second-order valence-electron chi connectivity index (χ2n) is 5.04. The Morgan fingerprint density at radius 3 is 2.89 bits per heavy atom. The molecule has 100 valence electrons. The van der Waals surface area contributed by atoms with E-state index in [1.807, 2.05) is 24.3 Å². The molecule has 2 atom stereocenters. The van der Waals surface area contributed by atoms with Crippen LogP contribution in [0, 0.1) is 0 Å². The summed E-state index contributed by atoms with van der Waals surface area (Å²) in [6.45, 7) is 0. The first-order valence-corrected chi connectivity index (χ1v) is 6.91. The summed E-state index contributed by atoms with van der Waals surface area (Å²) in [5.41, 5.74) is -0.179. The van der Waals surface area contributed by atoms with E-state index in [0.29, 0.717) is 11.4 Å². The highest BCUT2D eigenvalue weighted by Gasteiger charge is 2.43. The van der Waals surface area contributed by atoms with Gasteiger partial charge in [0.25, 0.3) is 0 Å². The van der Waals surface area contributed by atoms with Crippen molar-refractivity contribution >= 4 is 11.6 Å². The number of aliphatic hydroxyl groups is 1. The van der Waals surface area contributed by atoms with E-state index in [2.05, 4.69) is 10.1 Å². The molecule has 2 aromatic rings. The molecule has 1 aromatic carbocycles. The molecule has 1 aromatic heterocycles. The molecule has 0 radical (unpaired) electrons. The molecule has 1 fully saturated rings. The second-order valence-corrected chi connectivity index (χ2v) is 5.45. The van der Waals surface area contributed by atoms with Gasteiger partial charge in [-0.15, -0.1) is 0 Å². The van der Waals surface area contributed by atoms with E-state index in [0.717, 1.165) is 24.8 Å². The molecule has 0 unspecified atom stereocenters. The van der Waals surface area contributed by atoms with Crippen molar-refractivity contribution in [2.45, 2.75) is 37.3 Å². The van der Waals surface area contributed by atoms with Crippen LogP contribution in [-0.2, 0) is 5.60 Å². The fraction of sp³-hybridized carbons (Fsp3) is 0.429. The van der Waals surface area contributed by atoms with Gasteiger partial charge in [0.1, 0.15) is 18.3 Å². The normalized spacial score (nSPS) is 27.4. The minimum Gasteiger partial charge on any atom is -0.383 e. The van der Waals surface area contributed by atoms with Crippen LogP contribution in [0.5, 0.6) is 0 Å². The SMILES string of the molecule is O[C@]1(c2ccccc2Cl)CCCC[C@@H]1n1cncn1. The zero-order chi connectivity index (χ0) is 13.3. The molecule has 0 spiro atoms. The fourth-order valence-corrected chi connectivity index (χ4v) is 3.29. The minimum absolute atomic E-state index is 0.108. The summed E-state index contributed by atoms with van der Waals surface area (Å²) in [6, 6.07) is 7.40. The molecule has 19 heavy (non-hydrogen) atoms. The summed E-state index contributed by atoms with van der Waals surface area (Å²) in [7, 11) is 0. The minimum atomic E-state index is -0.968. The lowest BCUT2D eigenvalue weighted by Crippen LogP contribution is -2.40. The Hall–Kier alpha value is -1.39. The van der Waals surface area contributed by atoms with Gasteiger partial charge in [0.05, 0.1) is 6.04 Å². The highest BCUT2D eigenvalue weighted by Crippen LogP contribution is 2.46. The highest BCUT2D eigenvalue weighted by atomic mass is 35.5. The fourth-order valence-electron chi connectivity index (χ4n) is 2.99. The number of hydrogen-bond acceptors (Lipinski definition) is 3. The second kappa shape index (κ2) is 4.94. The number of nitrogens with zero attached hydrogens (tertiary/aromatic N) is 3. The van der Waals surface area contributed by atoms with E-state index in [4.69, 9.17) is 11.6 Å². The molecule has 5 heteroatoms. The average molecular weight is 278 g/mol. The van der Waals surface area contributed by atoms with Gasteiger partial charge in [0, 0.05) is 10.6 Å². The number of aromatic nitrogens is 3. The van der Waals surface area contributed by atoms with Crippen LogP contribution in [0.25, 0.3) is 0 Å². The Labute approximate surface area is 117 Å². The van der Waals surface area contributed by atoms with Crippen LogP contribution in [0.1, 0.15) is 37.3 Å². The maximum atomic E-state index is 11.2. The maximum absolute atomic E-state index is 11.2. The van der Waals surface area contributed by atoms with Crippen LogP contribution < -0.4 is 0 Å². The van der Waals surface area contributed by atoms with Gasteiger partial charge in [-0.05, 0) is 18.9 Å². The van der Waals surface area contributed by atoms with Crippen molar-refractivity contribution in [2.24, 2.45) is 0 Å². The van der Waals surface area contributed by atoms with E-state index >= 15 is 0 Å². The Bertz CT molecular complexity index is 558. The lowest BCUT2D eigenvalue weighted by atomic mass is 9.76. The van der Waals surface area contributed by atoms with Crippen LogP contribution in [0.3, 0.4) is 0 Å². The molecule has 1 aliphatic carbocycles. The third-order valence-electron chi connectivity index (χ3n) is 3.93. The van der Waals surface area contributed by atoms with Crippen molar-refractivity contribution in [1.82, 2.24) is 14.8 Å². The predicted molar refractivity (Wildman–Crippen MR) is 72.9 cm³/mol. The molecule has 1 N–H and O–H groups in total. The van der Waals surface area contributed by atoms with Crippen molar-refractivity contribution in [3.8, 4) is 0 Å². The molecule has 1 aliphatic rings. The van der Waals surface area contributed by atoms with Crippen molar-refractivity contribution in [2.75, 3.05) is 0 Å². The number of benzene rings is 1. The maximum Gasteiger partial charge on any atom is 0.137 e. The predicted octanol–water partition coefficient (Wildman–Crippen LogP) is 2.93. The van der Waals surface area contributed by atoms with Crippen LogP contribution in [0.2, 0.25) is 5.02 Å². The monoisotopic (exact) mass is 277 g/mol. The molecule has 0 bridgehead atoms. The molecule has 4 nitrogen and oxygen atoms in total. The summed E-state index contributed by atoms with van der Waals surface area (Å²) >= 11 is 6.27. The molecular weight excluding hydrogens is 262 g/mol. The van der Waals surface area contributed by atoms with Crippen molar-refractivity contribution in [3.63, 3.8) is 0 Å². The summed E-state index contributed by atoms with van der Waals surface area (Å²) in [5, 5.41) is 16.0. The van der Waals surface area contributed by atoms with E-state index < -0.39 is 5.60 Å². The molecule has 3 rings (SSSR count). The zero-order valence-corrected chi connectivity index (χ0v) is 11.3. The number of rotatable bonds is 2. The van der Waals surface area contributed by atoms with Crippen molar-refractivity contribution < 1.29 is 5.11 Å². The first kappa shape index (κ1) is 12.6. The van der Waals surface area contributed by atoms with Gasteiger partial charge in [-0.2, -0.15) is 5.10 Å². The molecular formula is C14H16ClN3O. The largest absolute Gasteiger partial charge is 0.383 e. The van der Waals surface area contributed by atoms with Gasteiger partial charge in [0.2, 0.25) is 0 Å².